The van der Waals surface area contributed by atoms with E-state index in [1.54, 1.807) is 19.3 Å². The SMILES string of the molecule is Cc1ncc(CBr)o1.Cc1ncc(CN=[N+]=[N-])o1. The van der Waals surface area contributed by atoms with Gasteiger partial charge in [0.15, 0.2) is 11.8 Å². The summed E-state index contributed by atoms with van der Waals surface area (Å²) in [5, 5.41) is 4.05. The lowest BCUT2D eigenvalue weighted by Crippen LogP contribution is -1.70. The number of hydrogen-bond donors (Lipinski definition) is 0. The summed E-state index contributed by atoms with van der Waals surface area (Å²) < 4.78 is 10.1. The van der Waals surface area contributed by atoms with E-state index in [4.69, 9.17) is 14.4 Å². The maximum Gasteiger partial charge on any atom is 0.191 e. The molecular weight excluding hydrogens is 302 g/mol. The number of alkyl halides is 1. The first kappa shape index (κ1) is 14.3. The molecule has 0 spiro atoms. The van der Waals surface area contributed by atoms with E-state index in [9.17, 15) is 0 Å². The summed E-state index contributed by atoms with van der Waals surface area (Å²) in [5.41, 5.74) is 7.93. The van der Waals surface area contributed by atoms with Crippen LogP contribution in [0.3, 0.4) is 0 Å². The Morgan fingerprint density at radius 2 is 1.78 bits per heavy atom. The number of aryl methyl sites for hydroxylation is 2. The molecule has 0 saturated heterocycles. The molecular formula is C10H12BrN5O2. The van der Waals surface area contributed by atoms with Crippen molar-refractivity contribution in [1.82, 2.24) is 9.97 Å². The highest BCUT2D eigenvalue weighted by Crippen LogP contribution is 2.05. The molecule has 96 valence electrons. The van der Waals surface area contributed by atoms with Gasteiger partial charge in [0.05, 0.1) is 24.3 Å². The standard InChI is InChI=1S/C5H6BrNO.C5H6N4O/c1-4-7-3-5(2-6)8-4;1-4-7-2-5(10-4)3-8-9-6/h3H,2H2,1H3;2H,3H2,1H3. The van der Waals surface area contributed by atoms with Gasteiger partial charge in [-0.2, -0.15) is 0 Å². The molecule has 2 aromatic heterocycles. The maximum atomic E-state index is 7.93. The summed E-state index contributed by atoms with van der Waals surface area (Å²) in [6.07, 6.45) is 3.26. The second-order valence-electron chi connectivity index (χ2n) is 3.21. The van der Waals surface area contributed by atoms with Crippen molar-refractivity contribution in [3.8, 4) is 0 Å². The summed E-state index contributed by atoms with van der Waals surface area (Å²) in [6, 6.07) is 0. The molecule has 0 aliphatic rings. The molecule has 2 heterocycles. The lowest BCUT2D eigenvalue weighted by Gasteiger charge is -1.81. The van der Waals surface area contributed by atoms with Crippen molar-refractivity contribution in [1.29, 1.82) is 0 Å². The number of rotatable bonds is 3. The summed E-state index contributed by atoms with van der Waals surface area (Å²) in [5.74, 6) is 2.78. The van der Waals surface area contributed by atoms with Crippen LogP contribution in [0.5, 0.6) is 0 Å². The molecule has 7 nitrogen and oxygen atoms in total. The van der Waals surface area contributed by atoms with Gasteiger partial charge in [0.1, 0.15) is 11.5 Å². The number of nitrogens with zero attached hydrogens (tertiary/aromatic N) is 5. The molecule has 18 heavy (non-hydrogen) atoms. The van der Waals surface area contributed by atoms with Crippen molar-refractivity contribution in [3.63, 3.8) is 0 Å². The van der Waals surface area contributed by atoms with Crippen LogP contribution in [0.1, 0.15) is 23.3 Å². The van der Waals surface area contributed by atoms with Gasteiger partial charge in [0.25, 0.3) is 0 Å². The third kappa shape index (κ3) is 5.03. The van der Waals surface area contributed by atoms with E-state index in [2.05, 4.69) is 35.9 Å². The molecule has 2 rings (SSSR count). The zero-order valence-electron chi connectivity index (χ0n) is 10.00. The summed E-state index contributed by atoms with van der Waals surface area (Å²) in [6.45, 7) is 3.79. The zero-order chi connectivity index (χ0) is 13.4. The Morgan fingerprint density at radius 3 is 2.11 bits per heavy atom. The highest BCUT2D eigenvalue weighted by atomic mass is 79.9. The maximum absolute atomic E-state index is 7.93. The second kappa shape index (κ2) is 7.52. The Kier molecular flexibility index (Phi) is 5.96. The fourth-order valence-electron chi connectivity index (χ4n) is 1.05. The quantitative estimate of drug-likeness (QED) is 0.373. The Labute approximate surface area is 112 Å². The van der Waals surface area contributed by atoms with Gasteiger partial charge in [-0.05, 0) is 5.53 Å². The van der Waals surface area contributed by atoms with Crippen LogP contribution in [0.25, 0.3) is 10.4 Å². The van der Waals surface area contributed by atoms with Gasteiger partial charge in [-0.25, -0.2) is 9.97 Å². The van der Waals surface area contributed by atoms with E-state index in [1.807, 2.05) is 6.92 Å². The fraction of sp³-hybridized carbons (Fsp3) is 0.400. The zero-order valence-corrected chi connectivity index (χ0v) is 11.6. The highest BCUT2D eigenvalue weighted by molar-refractivity contribution is 9.08. The molecule has 0 N–H and O–H groups in total. The Morgan fingerprint density at radius 1 is 1.22 bits per heavy atom. The number of halogens is 1. The van der Waals surface area contributed by atoms with Crippen LogP contribution in [0.15, 0.2) is 26.3 Å². The van der Waals surface area contributed by atoms with Crippen LogP contribution in [0.2, 0.25) is 0 Å². The Balaban J connectivity index is 0.000000184. The van der Waals surface area contributed by atoms with Crippen molar-refractivity contribution in [2.75, 3.05) is 0 Å². The molecule has 0 atom stereocenters. The second-order valence-corrected chi connectivity index (χ2v) is 3.77. The fourth-order valence-corrected chi connectivity index (χ4v) is 1.31. The predicted molar refractivity (Wildman–Crippen MR) is 68.0 cm³/mol. The first-order chi connectivity index (χ1) is 8.65. The van der Waals surface area contributed by atoms with Gasteiger partial charge in [0.2, 0.25) is 0 Å². The van der Waals surface area contributed by atoms with Crippen LogP contribution in [-0.4, -0.2) is 9.97 Å². The van der Waals surface area contributed by atoms with Crippen LogP contribution in [-0.2, 0) is 11.9 Å². The lowest BCUT2D eigenvalue weighted by atomic mass is 10.5. The Bertz CT molecular complexity index is 530. The van der Waals surface area contributed by atoms with E-state index in [0.29, 0.717) is 11.7 Å². The van der Waals surface area contributed by atoms with Crippen molar-refractivity contribution in [2.24, 2.45) is 5.11 Å². The summed E-state index contributed by atoms with van der Waals surface area (Å²) >= 11 is 3.24. The minimum atomic E-state index is 0.233. The van der Waals surface area contributed by atoms with E-state index >= 15 is 0 Å². The summed E-state index contributed by atoms with van der Waals surface area (Å²) in [7, 11) is 0. The minimum absolute atomic E-state index is 0.233. The van der Waals surface area contributed by atoms with Crippen molar-refractivity contribution in [3.05, 3.63) is 46.1 Å². The van der Waals surface area contributed by atoms with Crippen LogP contribution >= 0.6 is 15.9 Å². The molecule has 0 amide bonds. The minimum Gasteiger partial charge on any atom is -0.446 e. The average Bonchev–Trinajstić information content (AvgIpc) is 2.96. The highest BCUT2D eigenvalue weighted by Gasteiger charge is 1.95. The first-order valence-corrected chi connectivity index (χ1v) is 6.17. The van der Waals surface area contributed by atoms with E-state index < -0.39 is 0 Å². The van der Waals surface area contributed by atoms with Gasteiger partial charge in [0, 0.05) is 18.8 Å². The lowest BCUT2D eigenvalue weighted by molar-refractivity contribution is 0.476. The monoisotopic (exact) mass is 313 g/mol. The smallest absolute Gasteiger partial charge is 0.191 e. The van der Waals surface area contributed by atoms with Gasteiger partial charge >= 0.3 is 0 Å². The number of aromatic nitrogens is 2. The van der Waals surface area contributed by atoms with Gasteiger partial charge in [-0.1, -0.05) is 21.0 Å². The number of oxazole rings is 2. The Hall–Kier alpha value is -1.79. The third-order valence-corrected chi connectivity index (χ3v) is 2.31. The van der Waals surface area contributed by atoms with Crippen molar-refractivity contribution in [2.45, 2.75) is 25.7 Å². The molecule has 8 heteroatoms. The normalized spacial score (nSPS) is 9.28. The molecule has 0 saturated carbocycles. The number of hydrogen-bond acceptors (Lipinski definition) is 5. The van der Waals surface area contributed by atoms with E-state index in [1.165, 1.54) is 0 Å². The molecule has 0 radical (unpaired) electrons. The topological polar surface area (TPSA) is 101 Å². The number of azide groups is 1. The van der Waals surface area contributed by atoms with E-state index in [0.717, 1.165) is 17.0 Å². The van der Waals surface area contributed by atoms with Crippen LogP contribution in [0.4, 0.5) is 0 Å². The molecule has 2 aromatic rings. The molecule has 0 unspecified atom stereocenters. The van der Waals surface area contributed by atoms with Crippen molar-refractivity contribution < 1.29 is 8.83 Å². The largest absolute Gasteiger partial charge is 0.446 e. The van der Waals surface area contributed by atoms with Gasteiger partial charge < -0.3 is 8.83 Å². The van der Waals surface area contributed by atoms with E-state index in [-0.39, 0.29) is 6.54 Å². The molecule has 0 bridgehead atoms. The van der Waals surface area contributed by atoms with Gasteiger partial charge in [-0.3, -0.25) is 0 Å². The average molecular weight is 314 g/mol. The molecule has 0 fully saturated rings. The molecule has 0 aliphatic carbocycles. The third-order valence-electron chi connectivity index (χ3n) is 1.76. The van der Waals surface area contributed by atoms with Crippen molar-refractivity contribution >= 4 is 15.9 Å². The molecule has 0 aromatic carbocycles. The molecule has 0 aliphatic heterocycles. The van der Waals surface area contributed by atoms with Crippen LogP contribution in [0, 0.1) is 13.8 Å². The van der Waals surface area contributed by atoms with Crippen LogP contribution < -0.4 is 0 Å². The van der Waals surface area contributed by atoms with Gasteiger partial charge in [-0.15, -0.1) is 0 Å². The first-order valence-electron chi connectivity index (χ1n) is 5.05. The predicted octanol–water partition coefficient (Wildman–Crippen LogP) is 3.67. The summed E-state index contributed by atoms with van der Waals surface area (Å²) in [4.78, 5) is 10.3.